The van der Waals surface area contributed by atoms with Crippen LogP contribution < -0.4 is 5.73 Å². The molecule has 0 amide bonds. The Morgan fingerprint density at radius 2 is 2.43 bits per heavy atom. The van der Waals surface area contributed by atoms with Crippen molar-refractivity contribution in [2.24, 2.45) is 5.73 Å². The van der Waals surface area contributed by atoms with E-state index in [1.54, 1.807) is 6.92 Å². The van der Waals surface area contributed by atoms with Gasteiger partial charge in [-0.25, -0.2) is 0 Å². The van der Waals surface area contributed by atoms with E-state index in [1.807, 2.05) is 0 Å². The Labute approximate surface area is 47.6 Å². The van der Waals surface area contributed by atoms with Crippen LogP contribution in [0.3, 0.4) is 0 Å². The molecule has 0 heterocycles. The zero-order valence-electron chi connectivity index (χ0n) is 4.15. The van der Waals surface area contributed by atoms with Crippen molar-refractivity contribution in [1.82, 2.24) is 0 Å². The summed E-state index contributed by atoms with van der Waals surface area (Å²) in [5.41, 5.74) is 5.11. The number of ketones is 1. The van der Waals surface area contributed by atoms with Gasteiger partial charge in [-0.3, -0.25) is 4.79 Å². The fourth-order valence-electron chi connectivity index (χ4n) is 0.122. The first-order chi connectivity index (χ1) is 3.18. The zero-order valence-corrected chi connectivity index (χ0v) is 4.90. The third-order valence-electron chi connectivity index (χ3n) is 0.640. The zero-order chi connectivity index (χ0) is 5.86. The summed E-state index contributed by atoms with van der Waals surface area (Å²) in [7, 11) is 0. The number of nitrogens with two attached hydrogens (primary N) is 1. The highest BCUT2D eigenvalue weighted by Crippen LogP contribution is 1.81. The number of carbonyl (C=O) groups is 1. The lowest BCUT2D eigenvalue weighted by molar-refractivity contribution is -0.117. The Morgan fingerprint density at radius 1 is 2.00 bits per heavy atom. The van der Waals surface area contributed by atoms with Crippen LogP contribution in [-0.4, -0.2) is 17.7 Å². The molecule has 1 atom stereocenters. The summed E-state index contributed by atoms with van der Waals surface area (Å²) in [4.78, 5) is 10.3. The van der Waals surface area contributed by atoms with Crippen molar-refractivity contribution in [1.29, 1.82) is 0 Å². The van der Waals surface area contributed by atoms with Gasteiger partial charge >= 0.3 is 0 Å². The van der Waals surface area contributed by atoms with E-state index >= 15 is 0 Å². The Balaban J connectivity index is 3.35. The minimum absolute atomic E-state index is 0.0255. The Bertz CT molecular complexity index is 72.1. The van der Waals surface area contributed by atoms with Gasteiger partial charge in [0.25, 0.3) is 0 Å². The van der Waals surface area contributed by atoms with E-state index < -0.39 is 6.04 Å². The molecule has 0 aromatic carbocycles. The number of Topliss-reactive ketones (excluding diaryl/α,β-unsaturated/α-hetero) is 1. The summed E-state index contributed by atoms with van der Waals surface area (Å²) < 4.78 is 0. The van der Waals surface area contributed by atoms with E-state index in [0.717, 1.165) is 0 Å². The third kappa shape index (κ3) is 2.60. The third-order valence-corrected chi connectivity index (χ3v) is 0.903. The number of rotatable bonds is 2. The van der Waals surface area contributed by atoms with E-state index in [1.165, 1.54) is 0 Å². The number of halogens is 1. The highest BCUT2D eigenvalue weighted by Gasteiger charge is 2.02. The van der Waals surface area contributed by atoms with Crippen LogP contribution in [0.4, 0.5) is 0 Å². The lowest BCUT2D eigenvalue weighted by Crippen LogP contribution is -2.27. The largest absolute Gasteiger partial charge is 0.322 e. The monoisotopic (exact) mass is 121 g/mol. The molecule has 0 aliphatic rings. The summed E-state index contributed by atoms with van der Waals surface area (Å²) in [6.45, 7) is 1.62. The van der Waals surface area contributed by atoms with Gasteiger partial charge in [0, 0.05) is 0 Å². The molecule has 0 spiro atoms. The highest BCUT2D eigenvalue weighted by atomic mass is 35.5. The average Bonchev–Trinajstić information content (AvgIpc) is 1.65. The minimum Gasteiger partial charge on any atom is -0.322 e. The molecule has 0 fully saturated rings. The van der Waals surface area contributed by atoms with E-state index in [9.17, 15) is 4.79 Å². The van der Waals surface area contributed by atoms with Crippen LogP contribution in [0, 0.1) is 0 Å². The molecule has 2 nitrogen and oxygen atoms in total. The molecule has 7 heavy (non-hydrogen) atoms. The smallest absolute Gasteiger partial charge is 0.163 e. The van der Waals surface area contributed by atoms with Crippen LogP contribution in [0.25, 0.3) is 0 Å². The standard InChI is InChI=1S/C4H8ClNO/c1-3(6)4(7)2-5/h3H,2,6H2,1H3. The van der Waals surface area contributed by atoms with Gasteiger partial charge < -0.3 is 5.73 Å². The lowest BCUT2D eigenvalue weighted by atomic mass is 10.3. The predicted octanol–water partition coefficient (Wildman–Crippen LogP) is 0.142. The molecule has 0 saturated heterocycles. The van der Waals surface area contributed by atoms with Crippen LogP contribution in [0.2, 0.25) is 0 Å². The molecule has 42 valence electrons. The fourth-order valence-corrected chi connectivity index (χ4v) is 0.365. The van der Waals surface area contributed by atoms with E-state index in [4.69, 9.17) is 17.3 Å². The topological polar surface area (TPSA) is 43.1 Å². The number of carbonyl (C=O) groups excluding carboxylic acids is 1. The second-order valence-electron chi connectivity index (χ2n) is 1.39. The molecule has 1 unspecified atom stereocenters. The van der Waals surface area contributed by atoms with Gasteiger partial charge in [0.15, 0.2) is 5.78 Å². The summed E-state index contributed by atoms with van der Waals surface area (Å²) in [6.07, 6.45) is 0. The first-order valence-corrected chi connectivity index (χ1v) is 2.56. The summed E-state index contributed by atoms with van der Waals surface area (Å²) in [6, 6.07) is -0.405. The van der Waals surface area contributed by atoms with Crippen molar-refractivity contribution in [3.63, 3.8) is 0 Å². The van der Waals surface area contributed by atoms with Crippen LogP contribution in [0.5, 0.6) is 0 Å². The van der Waals surface area contributed by atoms with Gasteiger partial charge in [-0.15, -0.1) is 11.6 Å². The molecule has 0 aliphatic heterocycles. The van der Waals surface area contributed by atoms with Crippen LogP contribution in [0.1, 0.15) is 6.92 Å². The predicted molar refractivity (Wildman–Crippen MR) is 29.4 cm³/mol. The van der Waals surface area contributed by atoms with Gasteiger partial charge in [0.1, 0.15) is 0 Å². The molecule has 3 heteroatoms. The van der Waals surface area contributed by atoms with Gasteiger partial charge in [-0.05, 0) is 6.92 Å². The molecule has 0 aromatic heterocycles. The first kappa shape index (κ1) is 6.92. The average molecular weight is 122 g/mol. The van der Waals surface area contributed by atoms with Gasteiger partial charge in [0.2, 0.25) is 0 Å². The second kappa shape index (κ2) is 2.99. The van der Waals surface area contributed by atoms with Crippen molar-refractivity contribution < 1.29 is 4.79 Å². The van der Waals surface area contributed by atoms with Crippen LogP contribution >= 0.6 is 11.6 Å². The van der Waals surface area contributed by atoms with Crippen LogP contribution in [-0.2, 0) is 4.79 Å². The SMILES string of the molecule is CC(N)C(=O)CCl. The maximum absolute atomic E-state index is 10.3. The molecule has 0 aliphatic carbocycles. The number of alkyl halides is 1. The highest BCUT2D eigenvalue weighted by molar-refractivity contribution is 6.28. The summed E-state index contributed by atoms with van der Waals surface area (Å²) >= 11 is 5.12. The van der Waals surface area contributed by atoms with E-state index in [0.29, 0.717) is 0 Å². The van der Waals surface area contributed by atoms with Gasteiger partial charge in [-0.2, -0.15) is 0 Å². The van der Waals surface area contributed by atoms with E-state index in [2.05, 4.69) is 0 Å². The lowest BCUT2D eigenvalue weighted by Gasteiger charge is -1.95. The van der Waals surface area contributed by atoms with Crippen molar-refractivity contribution >= 4 is 17.4 Å². The fraction of sp³-hybridized carbons (Fsp3) is 0.750. The molecular weight excluding hydrogens is 114 g/mol. The molecular formula is C4H8ClNO. The van der Waals surface area contributed by atoms with Crippen molar-refractivity contribution in [3.8, 4) is 0 Å². The van der Waals surface area contributed by atoms with Crippen molar-refractivity contribution in [2.75, 3.05) is 5.88 Å². The summed E-state index contributed by atoms with van der Waals surface area (Å²) in [5.74, 6) is -0.0841. The maximum Gasteiger partial charge on any atom is 0.163 e. The molecule has 0 rings (SSSR count). The molecule has 0 aromatic rings. The summed E-state index contributed by atoms with van der Waals surface area (Å²) in [5, 5.41) is 0. The maximum atomic E-state index is 10.3. The number of hydrogen-bond acceptors (Lipinski definition) is 2. The van der Waals surface area contributed by atoms with Crippen molar-refractivity contribution in [2.45, 2.75) is 13.0 Å². The Hall–Kier alpha value is -0.0800. The molecule has 0 saturated carbocycles. The molecule has 0 bridgehead atoms. The van der Waals surface area contributed by atoms with E-state index in [-0.39, 0.29) is 11.7 Å². The quantitative estimate of drug-likeness (QED) is 0.529. The Kier molecular flexibility index (Phi) is 2.96. The normalized spacial score (nSPS) is 13.6. The minimum atomic E-state index is -0.405. The molecule has 2 N–H and O–H groups in total. The van der Waals surface area contributed by atoms with Gasteiger partial charge in [-0.1, -0.05) is 0 Å². The second-order valence-corrected chi connectivity index (χ2v) is 1.66. The first-order valence-electron chi connectivity index (χ1n) is 2.02. The molecule has 0 radical (unpaired) electrons. The Morgan fingerprint density at radius 3 is 2.43 bits per heavy atom. The number of hydrogen-bond donors (Lipinski definition) is 1. The van der Waals surface area contributed by atoms with Crippen LogP contribution in [0.15, 0.2) is 0 Å². The van der Waals surface area contributed by atoms with Crippen molar-refractivity contribution in [3.05, 3.63) is 0 Å². The van der Waals surface area contributed by atoms with Gasteiger partial charge in [0.05, 0.1) is 11.9 Å².